The molecule has 1 heterocycles. The lowest BCUT2D eigenvalue weighted by atomic mass is 10.1. The third kappa shape index (κ3) is 2.80. The number of thiazole rings is 1. The monoisotopic (exact) mass is 237 g/mol. The SMILES string of the molecule is Cc1ccc(CC(Cl)c2cncs2)cc1. The molecular weight excluding hydrogens is 226 g/mol. The fourth-order valence-electron chi connectivity index (χ4n) is 1.41. The first-order valence-electron chi connectivity index (χ1n) is 4.83. The van der Waals surface area contributed by atoms with Gasteiger partial charge in [-0.3, -0.25) is 4.98 Å². The zero-order chi connectivity index (χ0) is 10.7. The second kappa shape index (κ2) is 4.77. The van der Waals surface area contributed by atoms with Crippen LogP contribution >= 0.6 is 22.9 Å². The van der Waals surface area contributed by atoms with E-state index in [0.717, 1.165) is 11.3 Å². The summed E-state index contributed by atoms with van der Waals surface area (Å²) in [6.45, 7) is 2.09. The lowest BCUT2D eigenvalue weighted by Gasteiger charge is -2.06. The number of halogens is 1. The number of nitrogens with zero attached hydrogens (tertiary/aromatic N) is 1. The molecule has 0 N–H and O–H groups in total. The van der Waals surface area contributed by atoms with E-state index in [1.54, 1.807) is 11.3 Å². The summed E-state index contributed by atoms with van der Waals surface area (Å²) in [7, 11) is 0. The maximum absolute atomic E-state index is 6.29. The highest BCUT2D eigenvalue weighted by molar-refractivity contribution is 7.09. The van der Waals surface area contributed by atoms with Crippen molar-refractivity contribution in [3.05, 3.63) is 52.0 Å². The van der Waals surface area contributed by atoms with Gasteiger partial charge in [0.05, 0.1) is 10.9 Å². The van der Waals surface area contributed by atoms with Crippen LogP contribution in [0.15, 0.2) is 36.0 Å². The number of hydrogen-bond donors (Lipinski definition) is 0. The minimum atomic E-state index is 0.0419. The molecule has 1 nitrogen and oxygen atoms in total. The molecule has 0 spiro atoms. The zero-order valence-electron chi connectivity index (χ0n) is 8.48. The Morgan fingerprint density at radius 1 is 1.33 bits per heavy atom. The normalized spacial score (nSPS) is 12.7. The maximum Gasteiger partial charge on any atom is 0.0794 e. The van der Waals surface area contributed by atoms with Crippen LogP contribution in [0.5, 0.6) is 0 Å². The summed E-state index contributed by atoms with van der Waals surface area (Å²) in [5.74, 6) is 0. The van der Waals surface area contributed by atoms with Crippen LogP contribution in [-0.2, 0) is 6.42 Å². The van der Waals surface area contributed by atoms with Crippen molar-refractivity contribution in [2.24, 2.45) is 0 Å². The number of rotatable bonds is 3. The molecule has 2 aromatic rings. The third-order valence-corrected chi connectivity index (χ3v) is 3.70. The van der Waals surface area contributed by atoms with Crippen molar-refractivity contribution >= 4 is 22.9 Å². The first kappa shape index (κ1) is 10.7. The Morgan fingerprint density at radius 2 is 2.07 bits per heavy atom. The molecule has 0 radical (unpaired) electrons. The van der Waals surface area contributed by atoms with Gasteiger partial charge in [-0.05, 0) is 18.9 Å². The van der Waals surface area contributed by atoms with Crippen LogP contribution in [0.4, 0.5) is 0 Å². The molecule has 0 bridgehead atoms. The third-order valence-electron chi connectivity index (χ3n) is 2.30. The zero-order valence-corrected chi connectivity index (χ0v) is 10.1. The molecule has 1 aromatic carbocycles. The van der Waals surface area contributed by atoms with E-state index in [-0.39, 0.29) is 5.38 Å². The Hall–Kier alpha value is -0.860. The van der Waals surface area contributed by atoms with Gasteiger partial charge in [-0.15, -0.1) is 22.9 Å². The van der Waals surface area contributed by atoms with Crippen molar-refractivity contribution in [1.82, 2.24) is 4.98 Å². The molecular formula is C12H12ClNS. The van der Waals surface area contributed by atoms with E-state index in [2.05, 4.69) is 36.2 Å². The molecule has 1 unspecified atom stereocenters. The Bertz CT molecular complexity index is 408. The number of aromatic nitrogens is 1. The molecule has 1 aromatic heterocycles. The van der Waals surface area contributed by atoms with Crippen molar-refractivity contribution in [2.75, 3.05) is 0 Å². The molecule has 0 aliphatic heterocycles. The van der Waals surface area contributed by atoms with E-state index in [1.165, 1.54) is 11.1 Å². The van der Waals surface area contributed by atoms with Gasteiger partial charge in [0.15, 0.2) is 0 Å². The first-order valence-corrected chi connectivity index (χ1v) is 6.15. The maximum atomic E-state index is 6.29. The fourth-order valence-corrected chi connectivity index (χ4v) is 2.40. The van der Waals surface area contributed by atoms with E-state index < -0.39 is 0 Å². The lowest BCUT2D eigenvalue weighted by Crippen LogP contribution is -1.93. The van der Waals surface area contributed by atoms with E-state index in [0.29, 0.717) is 0 Å². The highest BCUT2D eigenvalue weighted by Crippen LogP contribution is 2.27. The smallest absolute Gasteiger partial charge is 0.0794 e. The topological polar surface area (TPSA) is 12.9 Å². The van der Waals surface area contributed by atoms with Crippen molar-refractivity contribution in [3.8, 4) is 0 Å². The van der Waals surface area contributed by atoms with Gasteiger partial charge in [-0.2, -0.15) is 0 Å². The minimum absolute atomic E-state index is 0.0419. The van der Waals surface area contributed by atoms with Gasteiger partial charge in [-0.1, -0.05) is 29.8 Å². The van der Waals surface area contributed by atoms with Crippen molar-refractivity contribution < 1.29 is 0 Å². The molecule has 0 saturated carbocycles. The van der Waals surface area contributed by atoms with Crippen LogP contribution in [0, 0.1) is 6.92 Å². The molecule has 78 valence electrons. The number of hydrogen-bond acceptors (Lipinski definition) is 2. The highest BCUT2D eigenvalue weighted by Gasteiger charge is 2.09. The summed E-state index contributed by atoms with van der Waals surface area (Å²) in [4.78, 5) is 5.17. The summed E-state index contributed by atoms with van der Waals surface area (Å²) < 4.78 is 0. The summed E-state index contributed by atoms with van der Waals surface area (Å²) >= 11 is 7.90. The van der Waals surface area contributed by atoms with E-state index >= 15 is 0 Å². The molecule has 0 amide bonds. The Kier molecular flexibility index (Phi) is 3.39. The number of aryl methyl sites for hydroxylation is 1. The Morgan fingerprint density at radius 3 is 2.67 bits per heavy atom. The fraction of sp³-hybridized carbons (Fsp3) is 0.250. The van der Waals surface area contributed by atoms with Gasteiger partial charge in [0.2, 0.25) is 0 Å². The number of benzene rings is 1. The summed E-state index contributed by atoms with van der Waals surface area (Å²) in [5.41, 5.74) is 4.37. The second-order valence-corrected chi connectivity index (χ2v) is 5.01. The molecule has 0 saturated heterocycles. The largest absolute Gasteiger partial charge is 0.253 e. The molecule has 0 fully saturated rings. The Balaban J connectivity index is 2.06. The minimum Gasteiger partial charge on any atom is -0.253 e. The van der Waals surface area contributed by atoms with Crippen molar-refractivity contribution in [3.63, 3.8) is 0 Å². The molecule has 15 heavy (non-hydrogen) atoms. The molecule has 1 atom stereocenters. The van der Waals surface area contributed by atoms with E-state index in [9.17, 15) is 0 Å². The van der Waals surface area contributed by atoms with Crippen molar-refractivity contribution in [2.45, 2.75) is 18.7 Å². The molecule has 0 aliphatic rings. The first-order chi connectivity index (χ1) is 7.25. The van der Waals surface area contributed by atoms with Gasteiger partial charge in [0, 0.05) is 11.1 Å². The van der Waals surface area contributed by atoms with Gasteiger partial charge in [-0.25, -0.2) is 0 Å². The molecule has 2 rings (SSSR count). The highest BCUT2D eigenvalue weighted by atomic mass is 35.5. The lowest BCUT2D eigenvalue weighted by molar-refractivity contribution is 0.935. The number of alkyl halides is 1. The van der Waals surface area contributed by atoms with Crippen LogP contribution in [0.2, 0.25) is 0 Å². The van der Waals surface area contributed by atoms with Gasteiger partial charge in [0.25, 0.3) is 0 Å². The average molecular weight is 238 g/mol. The standard InChI is InChI=1S/C12H12ClNS/c1-9-2-4-10(5-3-9)6-11(13)12-7-14-8-15-12/h2-5,7-8,11H,6H2,1H3. The Labute approximate surface area is 98.7 Å². The van der Waals surface area contributed by atoms with Crippen LogP contribution in [-0.4, -0.2) is 4.98 Å². The predicted molar refractivity (Wildman–Crippen MR) is 65.6 cm³/mol. The summed E-state index contributed by atoms with van der Waals surface area (Å²) in [6, 6.07) is 8.49. The molecule has 3 heteroatoms. The van der Waals surface area contributed by atoms with E-state index in [4.69, 9.17) is 11.6 Å². The molecule has 0 aliphatic carbocycles. The van der Waals surface area contributed by atoms with Crippen LogP contribution in [0.3, 0.4) is 0 Å². The van der Waals surface area contributed by atoms with Crippen LogP contribution in [0.25, 0.3) is 0 Å². The van der Waals surface area contributed by atoms with Gasteiger partial charge >= 0.3 is 0 Å². The van der Waals surface area contributed by atoms with Crippen LogP contribution < -0.4 is 0 Å². The summed E-state index contributed by atoms with van der Waals surface area (Å²) in [6.07, 6.45) is 2.71. The average Bonchev–Trinajstić information content (AvgIpc) is 2.74. The van der Waals surface area contributed by atoms with Gasteiger partial charge < -0.3 is 0 Å². The van der Waals surface area contributed by atoms with E-state index in [1.807, 2.05) is 11.7 Å². The van der Waals surface area contributed by atoms with Crippen LogP contribution in [0.1, 0.15) is 21.4 Å². The van der Waals surface area contributed by atoms with Crippen molar-refractivity contribution in [1.29, 1.82) is 0 Å². The summed E-state index contributed by atoms with van der Waals surface area (Å²) in [5, 5.41) is 0.0419. The second-order valence-electron chi connectivity index (χ2n) is 3.56. The van der Waals surface area contributed by atoms with Gasteiger partial charge in [0.1, 0.15) is 0 Å². The quantitative estimate of drug-likeness (QED) is 0.736. The predicted octanol–water partition coefficient (Wildman–Crippen LogP) is 3.97.